The van der Waals surface area contributed by atoms with Crippen LogP contribution in [0.15, 0.2) is 29.3 Å². The van der Waals surface area contributed by atoms with Crippen LogP contribution in [-0.2, 0) is 4.74 Å². The highest BCUT2D eigenvalue weighted by atomic mass is 32.2. The molecule has 3 nitrogen and oxygen atoms in total. The molecule has 0 aromatic heterocycles. The molecular formula is C13H15NO2S. The first kappa shape index (κ1) is 12.2. The summed E-state index contributed by atoms with van der Waals surface area (Å²) in [7, 11) is 0. The maximum Gasteiger partial charge on any atom is 0.345 e. The van der Waals surface area contributed by atoms with Gasteiger partial charge in [0.1, 0.15) is 0 Å². The maximum absolute atomic E-state index is 11.6. The Labute approximate surface area is 105 Å². The summed E-state index contributed by atoms with van der Waals surface area (Å²) in [5.41, 5.74) is 1.17. The van der Waals surface area contributed by atoms with Gasteiger partial charge in [-0.25, -0.2) is 9.79 Å². The molecule has 1 aromatic rings. The van der Waals surface area contributed by atoms with Crippen molar-refractivity contribution in [3.63, 3.8) is 0 Å². The van der Waals surface area contributed by atoms with Crippen LogP contribution in [0.25, 0.3) is 0 Å². The summed E-state index contributed by atoms with van der Waals surface area (Å²) in [4.78, 5) is 16.2. The molecule has 4 heteroatoms. The van der Waals surface area contributed by atoms with E-state index in [-0.39, 0.29) is 11.5 Å². The lowest BCUT2D eigenvalue weighted by molar-refractivity contribution is 0.0736. The van der Waals surface area contributed by atoms with Crippen molar-refractivity contribution in [2.75, 3.05) is 12.0 Å². The lowest BCUT2D eigenvalue weighted by atomic mass is 10.1. The van der Waals surface area contributed by atoms with Gasteiger partial charge < -0.3 is 4.74 Å². The third kappa shape index (κ3) is 2.52. The summed E-state index contributed by atoms with van der Waals surface area (Å²) in [6.45, 7) is 4.07. The number of hydrogen-bond acceptors (Lipinski definition) is 4. The summed E-state index contributed by atoms with van der Waals surface area (Å²) in [6.07, 6.45) is 2.04. The molecule has 0 amide bonds. The number of hydrogen-bond donors (Lipinski definition) is 0. The molecular weight excluding hydrogens is 234 g/mol. The molecule has 0 bridgehead atoms. The van der Waals surface area contributed by atoms with E-state index >= 15 is 0 Å². The van der Waals surface area contributed by atoms with E-state index in [1.807, 2.05) is 38.3 Å². The summed E-state index contributed by atoms with van der Waals surface area (Å²) in [5.74, 6) is 1.03. The highest BCUT2D eigenvalue weighted by molar-refractivity contribution is 7.98. The highest BCUT2D eigenvalue weighted by Crippen LogP contribution is 2.24. The van der Waals surface area contributed by atoms with Crippen LogP contribution in [0.4, 0.5) is 0 Å². The number of esters is 1. The highest BCUT2D eigenvalue weighted by Gasteiger charge is 2.29. The van der Waals surface area contributed by atoms with E-state index in [0.29, 0.717) is 11.5 Å². The first-order chi connectivity index (χ1) is 8.03. The number of benzene rings is 1. The quantitative estimate of drug-likeness (QED) is 0.773. The number of rotatable bonds is 3. The molecule has 0 N–H and O–H groups in total. The third-order valence-corrected chi connectivity index (χ3v) is 3.46. The lowest BCUT2D eigenvalue weighted by Crippen LogP contribution is -2.23. The molecule has 0 fully saturated rings. The number of ether oxygens (including phenoxy) is 1. The topological polar surface area (TPSA) is 38.7 Å². The van der Waals surface area contributed by atoms with E-state index in [4.69, 9.17) is 4.74 Å². The molecule has 0 aliphatic carbocycles. The second kappa shape index (κ2) is 4.53. The van der Waals surface area contributed by atoms with Crippen LogP contribution >= 0.6 is 11.8 Å². The Hall–Kier alpha value is -1.29. The monoisotopic (exact) mass is 249 g/mol. The molecule has 0 atom stereocenters. The van der Waals surface area contributed by atoms with Gasteiger partial charge in [0, 0.05) is 5.75 Å². The molecule has 0 saturated heterocycles. The van der Waals surface area contributed by atoms with Crippen LogP contribution in [0.1, 0.15) is 29.8 Å². The summed E-state index contributed by atoms with van der Waals surface area (Å²) >= 11 is 1.73. The van der Waals surface area contributed by atoms with Gasteiger partial charge in [0.05, 0.1) is 16.7 Å². The molecule has 2 rings (SSSR count). The van der Waals surface area contributed by atoms with Crippen molar-refractivity contribution in [2.24, 2.45) is 4.99 Å². The van der Waals surface area contributed by atoms with Crippen LogP contribution < -0.4 is 0 Å². The smallest absolute Gasteiger partial charge is 0.345 e. The summed E-state index contributed by atoms with van der Waals surface area (Å²) in [5, 5.41) is 0. The van der Waals surface area contributed by atoms with Gasteiger partial charge in [-0.05, 0) is 32.2 Å². The average molecular weight is 249 g/mol. The van der Waals surface area contributed by atoms with Gasteiger partial charge >= 0.3 is 5.97 Å². The SMILES string of the molecule is CSCC(C)(C)N=C1OC(=O)c2ccccc21. The van der Waals surface area contributed by atoms with Crippen molar-refractivity contribution in [3.05, 3.63) is 35.4 Å². The minimum atomic E-state index is -0.306. The molecule has 1 aliphatic rings. The first-order valence-corrected chi connectivity index (χ1v) is 6.83. The summed E-state index contributed by atoms with van der Waals surface area (Å²) in [6, 6.07) is 7.35. The molecule has 1 aliphatic heterocycles. The fourth-order valence-electron chi connectivity index (χ4n) is 1.79. The van der Waals surface area contributed by atoms with E-state index < -0.39 is 0 Å². The van der Waals surface area contributed by atoms with Gasteiger partial charge in [0.25, 0.3) is 0 Å². The van der Waals surface area contributed by atoms with E-state index in [0.717, 1.165) is 11.3 Å². The van der Waals surface area contributed by atoms with Crippen molar-refractivity contribution in [1.82, 2.24) is 0 Å². The molecule has 0 radical (unpaired) electrons. The molecule has 1 aromatic carbocycles. The number of nitrogens with zero attached hydrogens (tertiary/aromatic N) is 1. The van der Waals surface area contributed by atoms with Crippen LogP contribution in [0.5, 0.6) is 0 Å². The average Bonchev–Trinajstić information content (AvgIpc) is 2.56. The van der Waals surface area contributed by atoms with Gasteiger partial charge in [0.2, 0.25) is 5.90 Å². The van der Waals surface area contributed by atoms with E-state index in [2.05, 4.69) is 4.99 Å². The second-order valence-electron chi connectivity index (χ2n) is 4.60. The van der Waals surface area contributed by atoms with E-state index in [9.17, 15) is 4.79 Å². The molecule has 0 unspecified atom stereocenters. The number of fused-ring (bicyclic) bond motifs is 1. The number of aliphatic imine (C=N–C) groups is 1. The Morgan fingerprint density at radius 3 is 2.59 bits per heavy atom. The van der Waals surface area contributed by atoms with Crippen LogP contribution in [0.2, 0.25) is 0 Å². The zero-order valence-electron chi connectivity index (χ0n) is 10.2. The molecule has 0 saturated carbocycles. The molecule has 0 spiro atoms. The van der Waals surface area contributed by atoms with Crippen molar-refractivity contribution < 1.29 is 9.53 Å². The van der Waals surface area contributed by atoms with Crippen LogP contribution in [0, 0.1) is 0 Å². The Kier molecular flexibility index (Phi) is 3.24. The maximum atomic E-state index is 11.6. The van der Waals surface area contributed by atoms with E-state index in [1.54, 1.807) is 17.8 Å². The Morgan fingerprint density at radius 2 is 1.94 bits per heavy atom. The number of thioether (sulfide) groups is 1. The Bertz CT molecular complexity index is 480. The predicted molar refractivity (Wildman–Crippen MR) is 70.9 cm³/mol. The standard InChI is InChI=1S/C13H15NO2S/c1-13(2,8-17-3)14-11-9-6-4-5-7-10(9)12(15)16-11/h4-7H,8H2,1-3H3. The largest absolute Gasteiger partial charge is 0.404 e. The fraction of sp³-hybridized carbons (Fsp3) is 0.385. The fourth-order valence-corrected chi connectivity index (χ4v) is 2.56. The molecule has 1 heterocycles. The van der Waals surface area contributed by atoms with Crippen LogP contribution in [0.3, 0.4) is 0 Å². The first-order valence-electron chi connectivity index (χ1n) is 5.44. The van der Waals surface area contributed by atoms with Crippen molar-refractivity contribution in [3.8, 4) is 0 Å². The van der Waals surface area contributed by atoms with Gasteiger partial charge in [-0.2, -0.15) is 11.8 Å². The zero-order chi connectivity index (χ0) is 12.5. The minimum absolute atomic E-state index is 0.230. The molecule has 17 heavy (non-hydrogen) atoms. The number of carbonyl (C=O) groups is 1. The van der Waals surface area contributed by atoms with Crippen LogP contribution in [-0.4, -0.2) is 29.4 Å². The Balaban J connectivity index is 2.37. The zero-order valence-corrected chi connectivity index (χ0v) is 11.0. The molecule has 90 valence electrons. The number of cyclic esters (lactones) is 1. The third-order valence-electron chi connectivity index (χ3n) is 2.47. The van der Waals surface area contributed by atoms with Gasteiger partial charge in [-0.3, -0.25) is 0 Å². The van der Waals surface area contributed by atoms with Gasteiger partial charge in [-0.1, -0.05) is 12.1 Å². The van der Waals surface area contributed by atoms with Crippen molar-refractivity contribution >= 4 is 23.6 Å². The van der Waals surface area contributed by atoms with Gasteiger partial charge in [-0.15, -0.1) is 0 Å². The lowest BCUT2D eigenvalue weighted by Gasteiger charge is -2.18. The summed E-state index contributed by atoms with van der Waals surface area (Å²) < 4.78 is 5.22. The normalized spacial score (nSPS) is 17.1. The minimum Gasteiger partial charge on any atom is -0.404 e. The Morgan fingerprint density at radius 1 is 1.29 bits per heavy atom. The predicted octanol–water partition coefficient (Wildman–Crippen LogP) is 2.75. The second-order valence-corrected chi connectivity index (χ2v) is 5.46. The van der Waals surface area contributed by atoms with Crippen molar-refractivity contribution in [2.45, 2.75) is 19.4 Å². The number of carbonyl (C=O) groups excluding carboxylic acids is 1. The van der Waals surface area contributed by atoms with E-state index in [1.165, 1.54) is 0 Å². The van der Waals surface area contributed by atoms with Gasteiger partial charge in [0.15, 0.2) is 0 Å². The van der Waals surface area contributed by atoms with Crippen molar-refractivity contribution in [1.29, 1.82) is 0 Å².